The molecule has 3 rings (SSSR count). The molecule has 2 aromatic rings. The van der Waals surface area contributed by atoms with Gasteiger partial charge in [-0.1, -0.05) is 24.3 Å². The fourth-order valence-electron chi connectivity index (χ4n) is 2.69. The molecule has 0 unspecified atom stereocenters. The number of nitro groups is 1. The molecule has 1 aliphatic rings. The highest BCUT2D eigenvalue weighted by molar-refractivity contribution is 14.1. The summed E-state index contributed by atoms with van der Waals surface area (Å²) >= 11 is 8.23. The van der Waals surface area contributed by atoms with Crippen molar-refractivity contribution in [3.8, 4) is 11.5 Å². The fraction of sp³-hybridized carbons (Fsp3) is 0.143. The molecule has 0 spiro atoms. The van der Waals surface area contributed by atoms with Gasteiger partial charge < -0.3 is 14.2 Å². The van der Waals surface area contributed by atoms with Gasteiger partial charge in [0.05, 0.1) is 25.7 Å². The van der Waals surface area contributed by atoms with Gasteiger partial charge in [0.1, 0.15) is 6.61 Å². The van der Waals surface area contributed by atoms with Gasteiger partial charge in [0.2, 0.25) is 5.90 Å². The number of nitrogens with zero attached hydrogens (tertiary/aromatic N) is 2. The van der Waals surface area contributed by atoms with Crippen LogP contribution >= 0.6 is 34.2 Å². The van der Waals surface area contributed by atoms with E-state index in [1.165, 1.54) is 24.3 Å². The predicted molar refractivity (Wildman–Crippen MR) is 125 cm³/mol. The summed E-state index contributed by atoms with van der Waals surface area (Å²) in [5.41, 5.74) is 0.628. The van der Waals surface area contributed by atoms with Crippen molar-refractivity contribution < 1.29 is 23.9 Å². The van der Waals surface area contributed by atoms with Gasteiger partial charge in [-0.15, -0.1) is 0 Å². The Morgan fingerprint density at radius 2 is 2.10 bits per heavy atom. The highest BCUT2D eigenvalue weighted by Gasteiger charge is 2.27. The van der Waals surface area contributed by atoms with Gasteiger partial charge in [-0.2, -0.15) is 0 Å². The molecule has 0 aliphatic carbocycles. The maximum atomic E-state index is 12.3. The molecule has 0 saturated carbocycles. The Morgan fingerprint density at radius 1 is 1.32 bits per heavy atom. The Balaban J connectivity index is 1.99. The number of hydrogen-bond acceptors (Lipinski definition) is 7. The van der Waals surface area contributed by atoms with Crippen molar-refractivity contribution in [3.05, 3.63) is 78.5 Å². The third-order valence-corrected chi connectivity index (χ3v) is 5.12. The van der Waals surface area contributed by atoms with Gasteiger partial charge in [-0.05, 0) is 59.4 Å². The van der Waals surface area contributed by atoms with Crippen LogP contribution < -0.4 is 9.47 Å². The van der Waals surface area contributed by atoms with Gasteiger partial charge in [0.15, 0.2) is 17.2 Å². The maximum Gasteiger partial charge on any atom is 0.363 e. The fourth-order valence-corrected chi connectivity index (χ4v) is 3.67. The van der Waals surface area contributed by atoms with Crippen molar-refractivity contribution >= 4 is 57.8 Å². The van der Waals surface area contributed by atoms with Crippen molar-refractivity contribution in [3.63, 3.8) is 0 Å². The largest absolute Gasteiger partial charge is 0.490 e. The molecular weight excluding hydrogens is 539 g/mol. The van der Waals surface area contributed by atoms with Crippen LogP contribution in [0.15, 0.2) is 53.7 Å². The number of esters is 1. The molecule has 0 bridgehead atoms. The average Bonchev–Trinajstić information content (AvgIpc) is 3.08. The lowest BCUT2D eigenvalue weighted by molar-refractivity contribution is -0.384. The van der Waals surface area contributed by atoms with Crippen molar-refractivity contribution in [1.82, 2.24) is 0 Å². The van der Waals surface area contributed by atoms with Gasteiger partial charge in [-0.3, -0.25) is 10.1 Å². The quantitative estimate of drug-likeness (QED) is 0.112. The number of non-ortho nitro benzene ring substituents is 1. The van der Waals surface area contributed by atoms with E-state index < -0.39 is 10.9 Å². The molecule has 8 nitrogen and oxygen atoms in total. The maximum absolute atomic E-state index is 12.3. The first-order valence-corrected chi connectivity index (χ1v) is 10.5. The summed E-state index contributed by atoms with van der Waals surface area (Å²) in [6.07, 6.45) is 3.16. The van der Waals surface area contributed by atoms with E-state index in [0.717, 1.165) is 3.57 Å². The molecule has 0 radical (unpaired) electrons. The minimum absolute atomic E-state index is 0.0237. The lowest BCUT2D eigenvalue weighted by atomic mass is 10.1. The van der Waals surface area contributed by atoms with E-state index in [1.54, 1.807) is 18.2 Å². The highest BCUT2D eigenvalue weighted by atomic mass is 127. The second-order valence-electron chi connectivity index (χ2n) is 6.12. The standard InChI is InChI=1S/C21H16ClIN2O6/c1-3-7-30-19-16(23)8-12(10-18(19)29-4-2)9-17-21(26)31-20(24-17)14-11-13(25(27)28)5-6-15(14)22/h3,5-6,8-11H,1,4,7H2,2H3/b17-9-. The molecule has 0 N–H and O–H groups in total. The molecule has 160 valence electrons. The van der Waals surface area contributed by atoms with Crippen molar-refractivity contribution in [1.29, 1.82) is 0 Å². The number of aliphatic imine (C=N–C) groups is 1. The molecule has 31 heavy (non-hydrogen) atoms. The van der Waals surface area contributed by atoms with Crippen LogP contribution in [0, 0.1) is 13.7 Å². The monoisotopic (exact) mass is 554 g/mol. The van der Waals surface area contributed by atoms with Crippen molar-refractivity contribution in [2.45, 2.75) is 6.92 Å². The second kappa shape index (κ2) is 9.92. The Hall–Kier alpha value is -2.92. The number of rotatable bonds is 8. The third-order valence-electron chi connectivity index (χ3n) is 3.99. The van der Waals surface area contributed by atoms with Crippen LogP contribution in [0.2, 0.25) is 5.02 Å². The zero-order chi connectivity index (χ0) is 22.5. The summed E-state index contributed by atoms with van der Waals surface area (Å²) in [6.45, 7) is 6.23. The molecule has 2 aromatic carbocycles. The van der Waals surface area contributed by atoms with E-state index in [4.69, 9.17) is 25.8 Å². The number of hydrogen-bond donors (Lipinski definition) is 0. The first-order chi connectivity index (χ1) is 14.8. The van der Waals surface area contributed by atoms with E-state index >= 15 is 0 Å². The van der Waals surface area contributed by atoms with Gasteiger partial charge in [0.25, 0.3) is 5.69 Å². The van der Waals surface area contributed by atoms with Crippen LogP contribution in [0.1, 0.15) is 18.1 Å². The number of carbonyl (C=O) groups excluding carboxylic acids is 1. The van der Waals surface area contributed by atoms with Crippen LogP contribution in [0.25, 0.3) is 6.08 Å². The minimum atomic E-state index is -0.697. The van der Waals surface area contributed by atoms with Crippen LogP contribution in [-0.4, -0.2) is 30.0 Å². The Labute approximate surface area is 196 Å². The van der Waals surface area contributed by atoms with Crippen LogP contribution in [0.5, 0.6) is 11.5 Å². The Kier molecular flexibility index (Phi) is 7.29. The Bertz CT molecular complexity index is 1130. The molecular formula is C21H16ClIN2O6. The van der Waals surface area contributed by atoms with Gasteiger partial charge in [-0.25, -0.2) is 9.79 Å². The zero-order valence-corrected chi connectivity index (χ0v) is 19.2. The normalized spacial score (nSPS) is 14.2. The second-order valence-corrected chi connectivity index (χ2v) is 7.69. The van der Waals surface area contributed by atoms with Crippen LogP contribution in [0.4, 0.5) is 5.69 Å². The van der Waals surface area contributed by atoms with Crippen LogP contribution in [0.3, 0.4) is 0 Å². The van der Waals surface area contributed by atoms with E-state index in [1.807, 2.05) is 6.92 Å². The highest BCUT2D eigenvalue weighted by Crippen LogP contribution is 2.35. The molecule has 0 fully saturated rings. The topological polar surface area (TPSA) is 100 Å². The minimum Gasteiger partial charge on any atom is -0.490 e. The number of cyclic esters (lactones) is 1. The number of ether oxygens (including phenoxy) is 3. The molecule has 0 aromatic heterocycles. The van der Waals surface area contributed by atoms with Crippen molar-refractivity contribution in [2.24, 2.45) is 4.99 Å². The van der Waals surface area contributed by atoms with Gasteiger partial charge >= 0.3 is 5.97 Å². The van der Waals surface area contributed by atoms with E-state index in [2.05, 4.69) is 34.2 Å². The van der Waals surface area contributed by atoms with Crippen LogP contribution in [-0.2, 0) is 9.53 Å². The number of benzene rings is 2. The zero-order valence-electron chi connectivity index (χ0n) is 16.3. The van der Waals surface area contributed by atoms with E-state index in [9.17, 15) is 14.9 Å². The molecule has 1 heterocycles. The first kappa shape index (κ1) is 22.8. The lowest BCUT2D eigenvalue weighted by Gasteiger charge is -2.13. The predicted octanol–water partition coefficient (Wildman–Crippen LogP) is 5.16. The number of halogens is 2. The van der Waals surface area contributed by atoms with Gasteiger partial charge in [0, 0.05) is 12.1 Å². The molecule has 10 heteroatoms. The molecule has 0 atom stereocenters. The lowest BCUT2D eigenvalue weighted by Crippen LogP contribution is -2.06. The third kappa shape index (κ3) is 5.23. The smallest absolute Gasteiger partial charge is 0.363 e. The summed E-state index contributed by atoms with van der Waals surface area (Å²) in [6, 6.07) is 7.34. The summed E-state index contributed by atoms with van der Waals surface area (Å²) in [7, 11) is 0. The van der Waals surface area contributed by atoms with E-state index in [0.29, 0.717) is 30.3 Å². The number of carbonyl (C=O) groups is 1. The summed E-state index contributed by atoms with van der Waals surface area (Å²) in [4.78, 5) is 27.0. The summed E-state index contributed by atoms with van der Waals surface area (Å²) < 4.78 is 17.3. The number of nitro benzene ring substituents is 1. The molecule has 1 aliphatic heterocycles. The SMILES string of the molecule is C=CCOc1c(I)cc(/C=C2\N=C(c3cc([N+](=O)[O-])ccc3Cl)OC2=O)cc1OCC. The summed E-state index contributed by atoms with van der Waals surface area (Å²) in [5.74, 6) is 0.291. The first-order valence-electron chi connectivity index (χ1n) is 9.01. The average molecular weight is 555 g/mol. The summed E-state index contributed by atoms with van der Waals surface area (Å²) in [5, 5.41) is 11.2. The molecule has 0 saturated heterocycles. The van der Waals surface area contributed by atoms with E-state index in [-0.39, 0.29) is 27.9 Å². The van der Waals surface area contributed by atoms with Crippen molar-refractivity contribution in [2.75, 3.05) is 13.2 Å². The Morgan fingerprint density at radius 3 is 2.77 bits per heavy atom. The molecule has 0 amide bonds.